The molecule has 358 valence electrons. The van der Waals surface area contributed by atoms with Crippen molar-refractivity contribution in [1.29, 1.82) is 0 Å². The summed E-state index contributed by atoms with van der Waals surface area (Å²) in [5.41, 5.74) is 1.37. The number of hydrogen-bond donors (Lipinski definition) is 8. The van der Waals surface area contributed by atoms with Crippen LogP contribution in [-0.4, -0.2) is 67.6 Å². The maximum absolute atomic E-state index is 7.04. The monoisotopic (exact) mass is 919 g/mol. The molecule has 9 aliphatic rings. The summed E-state index contributed by atoms with van der Waals surface area (Å²) in [7, 11) is 0. The standard InChI is InChI=1S/C56H70N8O4/c1-5-17-33(18-6-1)65-41-29-13-25-37-45(41)53-57-49(37)62-54-47-39(27-15-31-43(47)67-35-21-9-3-10-22-35)51(59-54)64-56-48-40(28-16-32-44(48)68-36-23-11-4-12-24-36)52(60-56)63-55-46-38(50(58-55)61-53)26-14-30-42(46)66-34-19-7-2-8-20-34/h1-12,17-24,37-47,49-55,57-64H,13-16,25-32H2. The third kappa shape index (κ3) is 8.32. The summed E-state index contributed by atoms with van der Waals surface area (Å²) < 4.78 is 28.1. The molecule has 12 nitrogen and oxygen atoms in total. The summed E-state index contributed by atoms with van der Waals surface area (Å²) in [4.78, 5) is 0. The molecular weight excluding hydrogens is 849 g/mol. The first-order valence-corrected chi connectivity index (χ1v) is 26.4. The van der Waals surface area contributed by atoms with Crippen LogP contribution < -0.4 is 61.5 Å². The molecule has 68 heavy (non-hydrogen) atoms. The second-order valence-electron chi connectivity index (χ2n) is 21.3. The highest BCUT2D eigenvalue weighted by Crippen LogP contribution is 2.47. The van der Waals surface area contributed by atoms with Gasteiger partial charge in [-0.25, -0.2) is 0 Å². The number of fused-ring (bicyclic) bond motifs is 19. The van der Waals surface area contributed by atoms with Crippen molar-refractivity contribution in [1.82, 2.24) is 42.5 Å². The maximum Gasteiger partial charge on any atom is 0.124 e. The predicted molar refractivity (Wildman–Crippen MR) is 262 cm³/mol. The number of benzene rings is 4. The molecule has 4 aromatic rings. The maximum atomic E-state index is 7.04. The van der Waals surface area contributed by atoms with Crippen LogP contribution in [0.5, 0.6) is 23.0 Å². The van der Waals surface area contributed by atoms with E-state index in [0.29, 0.717) is 17.8 Å². The summed E-state index contributed by atoms with van der Waals surface area (Å²) in [5.74, 6) is 6.96. The Bertz CT molecular complexity index is 2350. The van der Waals surface area contributed by atoms with E-state index in [9.17, 15) is 0 Å². The Morgan fingerprint density at radius 1 is 0.324 bits per heavy atom. The van der Waals surface area contributed by atoms with E-state index in [1.807, 2.05) is 0 Å². The predicted octanol–water partition coefficient (Wildman–Crippen LogP) is 7.10. The fourth-order valence-electron chi connectivity index (χ4n) is 14.8. The van der Waals surface area contributed by atoms with Gasteiger partial charge < -0.3 is 29.6 Å². The van der Waals surface area contributed by atoms with E-state index in [1.165, 1.54) is 5.57 Å². The number of nitrogens with one attached hydrogen (secondary N) is 8. The summed E-state index contributed by atoms with van der Waals surface area (Å²) >= 11 is 0. The van der Waals surface area contributed by atoms with E-state index in [2.05, 4.69) is 164 Å². The van der Waals surface area contributed by atoms with Gasteiger partial charge in [0.25, 0.3) is 0 Å². The van der Waals surface area contributed by atoms with Gasteiger partial charge in [0.15, 0.2) is 0 Å². The van der Waals surface area contributed by atoms with Crippen LogP contribution in [0.3, 0.4) is 0 Å². The molecule has 4 saturated carbocycles. The Hall–Kier alpha value is -4.82. The molecule has 8 N–H and O–H groups in total. The highest BCUT2D eigenvalue weighted by molar-refractivity contribution is 5.33. The largest absolute Gasteiger partial charge is 0.490 e. The molecule has 8 fully saturated rings. The van der Waals surface area contributed by atoms with Gasteiger partial charge in [-0.15, -0.1) is 0 Å². The van der Waals surface area contributed by atoms with Gasteiger partial charge in [-0.3, -0.25) is 31.9 Å². The van der Waals surface area contributed by atoms with E-state index in [0.717, 1.165) is 106 Å². The molecule has 4 saturated heterocycles. The lowest BCUT2D eigenvalue weighted by Crippen LogP contribution is -2.61. The smallest absolute Gasteiger partial charge is 0.124 e. The normalized spacial score (nSPS) is 40.4. The van der Waals surface area contributed by atoms with E-state index in [1.54, 1.807) is 0 Å². The van der Waals surface area contributed by atoms with Crippen molar-refractivity contribution in [3.63, 3.8) is 0 Å². The molecule has 8 bridgehead atoms. The van der Waals surface area contributed by atoms with E-state index in [-0.39, 0.29) is 91.2 Å². The first-order chi connectivity index (χ1) is 33.7. The van der Waals surface area contributed by atoms with Crippen LogP contribution in [0.2, 0.25) is 0 Å². The Balaban J connectivity index is 0.892. The minimum atomic E-state index is -0.0385. The van der Waals surface area contributed by atoms with E-state index >= 15 is 0 Å². The molecule has 0 amide bonds. The third-order valence-electron chi connectivity index (χ3n) is 17.6. The van der Waals surface area contributed by atoms with Gasteiger partial charge in [-0.05, 0) is 137 Å². The quantitative estimate of drug-likeness (QED) is 0.0918. The number of hydrogen-bond acceptors (Lipinski definition) is 12. The molecule has 4 aliphatic carbocycles. The molecule has 0 radical (unpaired) electrons. The van der Waals surface area contributed by atoms with Gasteiger partial charge >= 0.3 is 0 Å². The zero-order valence-corrected chi connectivity index (χ0v) is 39.1. The average molecular weight is 919 g/mol. The van der Waals surface area contributed by atoms with Crippen LogP contribution in [-0.2, 0) is 0 Å². The van der Waals surface area contributed by atoms with Crippen molar-refractivity contribution in [2.24, 2.45) is 41.4 Å². The van der Waals surface area contributed by atoms with Gasteiger partial charge in [0.1, 0.15) is 53.2 Å². The van der Waals surface area contributed by atoms with Crippen LogP contribution in [0, 0.1) is 41.4 Å². The molecule has 13 rings (SSSR count). The number of rotatable bonds is 8. The third-order valence-corrected chi connectivity index (χ3v) is 17.6. The molecule has 0 aromatic heterocycles. The van der Waals surface area contributed by atoms with Gasteiger partial charge in [0.05, 0.1) is 43.2 Å². The van der Waals surface area contributed by atoms with E-state index < -0.39 is 0 Å². The highest BCUT2D eigenvalue weighted by atomic mass is 16.5. The molecule has 18 atom stereocenters. The molecule has 5 heterocycles. The SMILES string of the molecule is c1ccc(OC2CCCC3C2=C2NC3NC3NC(NC4NC(NC5NC(N2)C2CCCC(Oc6ccccc6)C52)C2CCCC(Oc5ccccc5)C42)C2CCCC(Oc4ccccc4)C32)cc1. The van der Waals surface area contributed by atoms with Gasteiger partial charge in [0.2, 0.25) is 0 Å². The lowest BCUT2D eigenvalue weighted by Gasteiger charge is -2.40. The first-order valence-electron chi connectivity index (χ1n) is 26.4. The first kappa shape index (κ1) is 43.2. The van der Waals surface area contributed by atoms with Gasteiger partial charge in [-0.2, -0.15) is 0 Å². The van der Waals surface area contributed by atoms with Crippen LogP contribution in [0.25, 0.3) is 0 Å². The molecule has 0 spiro atoms. The number of ether oxygens (including phenoxy) is 4. The lowest BCUT2D eigenvalue weighted by atomic mass is 9.75. The highest BCUT2D eigenvalue weighted by Gasteiger charge is 2.58. The van der Waals surface area contributed by atoms with Crippen molar-refractivity contribution in [3.8, 4) is 23.0 Å². The average Bonchev–Trinajstić information content (AvgIpc) is 4.12. The Kier molecular flexibility index (Phi) is 12.0. The zero-order valence-electron chi connectivity index (χ0n) is 39.1. The fourth-order valence-corrected chi connectivity index (χ4v) is 14.8. The zero-order chi connectivity index (χ0) is 45.0. The van der Waals surface area contributed by atoms with Crippen molar-refractivity contribution in [3.05, 3.63) is 133 Å². The summed E-state index contributed by atoms with van der Waals surface area (Å²) in [6.07, 6.45) is 13.5. The van der Waals surface area contributed by atoms with Crippen LogP contribution in [0.15, 0.2) is 133 Å². The lowest BCUT2D eigenvalue weighted by molar-refractivity contribution is 0.0298. The Labute approximate surface area is 401 Å². The second-order valence-corrected chi connectivity index (χ2v) is 21.3. The van der Waals surface area contributed by atoms with Gasteiger partial charge in [-0.1, -0.05) is 72.8 Å². The topological polar surface area (TPSA) is 133 Å². The number of para-hydroxylation sites is 4. The molecular formula is C56H70N8O4. The van der Waals surface area contributed by atoms with Crippen molar-refractivity contribution in [2.45, 2.75) is 145 Å². The second kappa shape index (κ2) is 18.8. The molecule has 18 unspecified atom stereocenters. The minimum absolute atomic E-state index is 0.00536. The van der Waals surface area contributed by atoms with E-state index in [4.69, 9.17) is 18.9 Å². The van der Waals surface area contributed by atoms with Crippen LogP contribution in [0.1, 0.15) is 77.0 Å². The van der Waals surface area contributed by atoms with Crippen LogP contribution >= 0.6 is 0 Å². The summed E-state index contributed by atoms with van der Waals surface area (Å²) in [5, 5.41) is 34.2. The summed E-state index contributed by atoms with van der Waals surface area (Å²) in [6, 6.07) is 41.9. The van der Waals surface area contributed by atoms with Gasteiger partial charge in [0, 0.05) is 35.2 Å². The van der Waals surface area contributed by atoms with Crippen LogP contribution in [0.4, 0.5) is 0 Å². The summed E-state index contributed by atoms with van der Waals surface area (Å²) in [6.45, 7) is 0. The molecule has 12 heteroatoms. The molecule has 5 aliphatic heterocycles. The van der Waals surface area contributed by atoms with Crippen molar-refractivity contribution < 1.29 is 18.9 Å². The Morgan fingerprint density at radius 3 is 1.12 bits per heavy atom. The van der Waals surface area contributed by atoms with Crippen molar-refractivity contribution >= 4 is 0 Å². The molecule has 4 aromatic carbocycles. The fraction of sp³-hybridized carbons (Fsp3) is 0.536. The Morgan fingerprint density at radius 2 is 0.676 bits per heavy atom. The van der Waals surface area contributed by atoms with Crippen molar-refractivity contribution in [2.75, 3.05) is 0 Å². The minimum Gasteiger partial charge on any atom is -0.490 e.